The zero-order valence-electron chi connectivity index (χ0n) is 8.36. The van der Waals surface area contributed by atoms with Crippen molar-refractivity contribution in [3.05, 3.63) is 0 Å². The third-order valence-corrected chi connectivity index (χ3v) is 2.30. The molecule has 84 valence electrons. The molecule has 1 fully saturated rings. The maximum Gasteiger partial charge on any atom is 0.318 e. The molecule has 0 spiro atoms. The van der Waals surface area contributed by atoms with Gasteiger partial charge in [-0.15, -0.1) is 0 Å². The number of primary amides is 2. The zero-order valence-corrected chi connectivity index (χ0v) is 8.36. The van der Waals surface area contributed by atoms with E-state index in [9.17, 15) is 14.4 Å². The van der Waals surface area contributed by atoms with Gasteiger partial charge in [-0.1, -0.05) is 0 Å². The highest BCUT2D eigenvalue weighted by Crippen LogP contribution is 2.30. The number of hydrogen-bond donors (Lipinski definition) is 2. The van der Waals surface area contributed by atoms with E-state index in [0.717, 1.165) is 11.8 Å². The Morgan fingerprint density at radius 2 is 1.93 bits per heavy atom. The molecule has 0 saturated carbocycles. The molecule has 15 heavy (non-hydrogen) atoms. The van der Waals surface area contributed by atoms with E-state index in [1.807, 2.05) is 0 Å². The van der Waals surface area contributed by atoms with Crippen LogP contribution in [-0.2, 0) is 14.3 Å². The van der Waals surface area contributed by atoms with Crippen LogP contribution in [0, 0.1) is 0 Å². The molecule has 1 aliphatic rings. The smallest absolute Gasteiger partial charge is 0.318 e. The minimum absolute atomic E-state index is 0.185. The van der Waals surface area contributed by atoms with E-state index in [4.69, 9.17) is 16.2 Å². The summed E-state index contributed by atoms with van der Waals surface area (Å²) in [6.07, 6.45) is 0.698. The molecule has 4 N–H and O–H groups in total. The Morgan fingerprint density at radius 3 is 2.33 bits per heavy atom. The summed E-state index contributed by atoms with van der Waals surface area (Å²) < 4.78 is 4.85. The summed E-state index contributed by atoms with van der Waals surface area (Å²) in [5, 5.41) is 0. The van der Waals surface area contributed by atoms with Crippen LogP contribution in [0.4, 0.5) is 4.79 Å². The molecule has 1 atom stereocenters. The van der Waals surface area contributed by atoms with Crippen molar-refractivity contribution in [1.29, 1.82) is 0 Å². The van der Waals surface area contributed by atoms with Gasteiger partial charge in [0.25, 0.3) is 11.6 Å². The second kappa shape index (κ2) is 3.76. The molecule has 1 aliphatic heterocycles. The lowest BCUT2D eigenvalue weighted by Gasteiger charge is -2.33. The molecule has 0 aromatic carbocycles. The van der Waals surface area contributed by atoms with Crippen molar-refractivity contribution in [3.63, 3.8) is 0 Å². The average Bonchev–Trinajstić information content (AvgIpc) is 2.47. The van der Waals surface area contributed by atoms with Gasteiger partial charge in [-0.3, -0.25) is 14.5 Å². The van der Waals surface area contributed by atoms with Crippen LogP contribution in [0.1, 0.15) is 19.8 Å². The van der Waals surface area contributed by atoms with Crippen molar-refractivity contribution in [2.75, 3.05) is 6.54 Å². The summed E-state index contributed by atoms with van der Waals surface area (Å²) in [5.41, 5.74) is 8.52. The third kappa shape index (κ3) is 1.85. The van der Waals surface area contributed by atoms with Crippen molar-refractivity contribution in [3.8, 4) is 0 Å². The first-order valence-corrected chi connectivity index (χ1v) is 4.46. The van der Waals surface area contributed by atoms with E-state index in [0.29, 0.717) is 6.42 Å². The number of amides is 3. The summed E-state index contributed by atoms with van der Waals surface area (Å²) >= 11 is 0. The molecule has 1 saturated heterocycles. The van der Waals surface area contributed by atoms with E-state index in [1.54, 1.807) is 0 Å². The molecule has 0 aromatic heterocycles. The lowest BCUT2D eigenvalue weighted by Crippen LogP contribution is -2.59. The number of carbonyl (C=O) groups excluding carboxylic acids is 3. The molecule has 1 unspecified atom stereocenters. The summed E-state index contributed by atoms with van der Waals surface area (Å²) in [6, 6.07) is -0.826. The van der Waals surface area contributed by atoms with E-state index < -0.39 is 23.6 Å². The molecular formula is C8H13N3O4. The molecular weight excluding hydrogens is 202 g/mol. The first-order chi connectivity index (χ1) is 6.90. The number of likely N-dealkylation sites (tertiary alicyclic amines) is 1. The Labute approximate surface area is 86.3 Å². The lowest BCUT2D eigenvalue weighted by atomic mass is 10.1. The fourth-order valence-electron chi connectivity index (χ4n) is 1.73. The van der Waals surface area contributed by atoms with Gasteiger partial charge in [0.1, 0.15) is 0 Å². The van der Waals surface area contributed by atoms with Gasteiger partial charge in [0.05, 0.1) is 0 Å². The molecule has 0 aromatic rings. The highest BCUT2D eigenvalue weighted by Gasteiger charge is 2.51. The number of urea groups is 1. The number of esters is 1. The molecule has 3 amide bonds. The van der Waals surface area contributed by atoms with Crippen LogP contribution in [0.5, 0.6) is 0 Å². The van der Waals surface area contributed by atoms with Gasteiger partial charge in [-0.2, -0.15) is 0 Å². The first-order valence-electron chi connectivity index (χ1n) is 4.46. The highest BCUT2D eigenvalue weighted by atomic mass is 16.6. The molecule has 0 aliphatic carbocycles. The van der Waals surface area contributed by atoms with Crippen LogP contribution >= 0.6 is 0 Å². The SMILES string of the molecule is CC(=O)OC1(C(N)=O)CCCN1C(N)=O. The van der Waals surface area contributed by atoms with Crippen molar-refractivity contribution in [2.45, 2.75) is 25.5 Å². The van der Waals surface area contributed by atoms with E-state index in [1.165, 1.54) is 0 Å². The van der Waals surface area contributed by atoms with Crippen LogP contribution in [-0.4, -0.2) is 35.1 Å². The topological polar surface area (TPSA) is 116 Å². The van der Waals surface area contributed by atoms with Gasteiger partial charge >= 0.3 is 12.0 Å². The predicted molar refractivity (Wildman–Crippen MR) is 49.2 cm³/mol. The third-order valence-electron chi connectivity index (χ3n) is 2.30. The Bertz CT molecular complexity index is 317. The second-order valence-corrected chi connectivity index (χ2v) is 3.34. The van der Waals surface area contributed by atoms with Crippen molar-refractivity contribution >= 4 is 17.9 Å². The fourth-order valence-corrected chi connectivity index (χ4v) is 1.73. The molecule has 0 radical (unpaired) electrons. The van der Waals surface area contributed by atoms with Gasteiger partial charge in [-0.25, -0.2) is 4.79 Å². The van der Waals surface area contributed by atoms with Gasteiger partial charge in [0, 0.05) is 19.9 Å². The van der Waals surface area contributed by atoms with Gasteiger partial charge in [-0.05, 0) is 6.42 Å². The van der Waals surface area contributed by atoms with Crippen LogP contribution < -0.4 is 11.5 Å². The Morgan fingerprint density at radius 1 is 1.33 bits per heavy atom. The minimum atomic E-state index is -1.70. The van der Waals surface area contributed by atoms with E-state index >= 15 is 0 Å². The largest absolute Gasteiger partial charge is 0.429 e. The number of rotatable bonds is 2. The molecule has 7 nitrogen and oxygen atoms in total. The quantitative estimate of drug-likeness (QED) is 0.569. The number of carbonyl (C=O) groups is 3. The summed E-state index contributed by atoms with van der Waals surface area (Å²) in [7, 11) is 0. The Balaban J connectivity index is 3.03. The Hall–Kier alpha value is -1.79. The summed E-state index contributed by atoms with van der Waals surface area (Å²) in [6.45, 7) is 1.40. The van der Waals surface area contributed by atoms with Gasteiger partial charge in [0.15, 0.2) is 0 Å². The number of ether oxygens (including phenoxy) is 1. The van der Waals surface area contributed by atoms with E-state index in [-0.39, 0.29) is 13.0 Å². The van der Waals surface area contributed by atoms with Crippen LogP contribution in [0.25, 0.3) is 0 Å². The molecule has 1 rings (SSSR count). The summed E-state index contributed by atoms with van der Waals surface area (Å²) in [4.78, 5) is 34.2. The number of nitrogens with two attached hydrogens (primary N) is 2. The minimum Gasteiger partial charge on any atom is -0.429 e. The molecule has 1 heterocycles. The number of hydrogen-bond acceptors (Lipinski definition) is 4. The van der Waals surface area contributed by atoms with Crippen molar-refractivity contribution < 1.29 is 19.1 Å². The summed E-state index contributed by atoms with van der Waals surface area (Å²) in [5.74, 6) is -1.56. The maximum atomic E-state index is 11.3. The van der Waals surface area contributed by atoms with Gasteiger partial charge in [0.2, 0.25) is 0 Å². The van der Waals surface area contributed by atoms with Crippen molar-refractivity contribution in [1.82, 2.24) is 4.90 Å². The first kappa shape index (κ1) is 11.3. The standard InChI is InChI=1S/C8H13N3O4/c1-5(12)15-8(6(9)13)3-2-4-11(8)7(10)14/h2-4H2,1H3,(H2,9,13)(H2,10,14). The van der Waals surface area contributed by atoms with Crippen LogP contribution in [0.2, 0.25) is 0 Å². The normalized spacial score (nSPS) is 25.0. The van der Waals surface area contributed by atoms with Gasteiger partial charge < -0.3 is 16.2 Å². The van der Waals surface area contributed by atoms with Crippen LogP contribution in [0.15, 0.2) is 0 Å². The maximum absolute atomic E-state index is 11.3. The predicted octanol–water partition coefficient (Wildman–Crippen LogP) is -1.09. The lowest BCUT2D eigenvalue weighted by molar-refractivity contribution is -0.178. The van der Waals surface area contributed by atoms with Crippen LogP contribution in [0.3, 0.4) is 0 Å². The van der Waals surface area contributed by atoms with E-state index in [2.05, 4.69) is 0 Å². The average molecular weight is 215 g/mol. The van der Waals surface area contributed by atoms with Crippen molar-refractivity contribution in [2.24, 2.45) is 11.5 Å². The Kier molecular flexibility index (Phi) is 2.83. The molecule has 7 heteroatoms. The fraction of sp³-hybridized carbons (Fsp3) is 0.625. The second-order valence-electron chi connectivity index (χ2n) is 3.34. The molecule has 0 bridgehead atoms. The highest BCUT2D eigenvalue weighted by molar-refractivity contribution is 5.90. The zero-order chi connectivity index (χ0) is 11.6. The monoisotopic (exact) mass is 215 g/mol. The number of nitrogens with zero attached hydrogens (tertiary/aromatic N) is 1.